The van der Waals surface area contributed by atoms with Gasteiger partial charge in [-0.15, -0.1) is 0 Å². The SMILES string of the molecule is CN1C=C([C@]2(C(N)=S)CCCC[C@H]2OC(=O)CCC[N+](C)(C)C)C=CC1.O.O.O.O.O.[Cl-]. The molecule has 1 aliphatic heterocycles. The molecule has 0 aromatic rings. The molecule has 12 heteroatoms. The molecule has 0 radical (unpaired) electrons. The third-order valence-corrected chi connectivity index (χ3v) is 5.69. The van der Waals surface area contributed by atoms with Crippen LogP contribution in [-0.2, 0) is 9.53 Å². The van der Waals surface area contributed by atoms with Crippen LogP contribution in [0.2, 0.25) is 0 Å². The van der Waals surface area contributed by atoms with Crippen LogP contribution in [0.25, 0.3) is 0 Å². The summed E-state index contributed by atoms with van der Waals surface area (Å²) in [5.74, 6) is -0.139. The second-order valence-corrected chi connectivity index (χ2v) is 9.04. The molecule has 0 saturated heterocycles. The highest BCUT2D eigenvalue weighted by Gasteiger charge is 2.48. The van der Waals surface area contributed by atoms with Crippen molar-refractivity contribution in [2.45, 2.75) is 44.6 Å². The summed E-state index contributed by atoms with van der Waals surface area (Å²) in [6.07, 6.45) is 11.0. The molecule has 1 aliphatic carbocycles. The summed E-state index contributed by atoms with van der Waals surface area (Å²) >= 11 is 5.50. The Bertz CT molecular complexity index is 614. The zero-order chi connectivity index (χ0) is 19.4. The smallest absolute Gasteiger partial charge is 0.306 e. The number of thiocarbonyl (C=S) groups is 1. The summed E-state index contributed by atoms with van der Waals surface area (Å²) in [5, 5.41) is 0. The number of nitrogens with zero attached hydrogens (tertiary/aromatic N) is 2. The van der Waals surface area contributed by atoms with E-state index in [0.717, 1.165) is 55.2 Å². The van der Waals surface area contributed by atoms with Crippen molar-refractivity contribution in [2.75, 3.05) is 41.3 Å². The number of carbonyl (C=O) groups is 1. The van der Waals surface area contributed by atoms with Crippen molar-refractivity contribution in [1.82, 2.24) is 4.90 Å². The fourth-order valence-electron chi connectivity index (χ4n) is 3.91. The maximum atomic E-state index is 12.5. The topological polar surface area (TPSA) is 213 Å². The van der Waals surface area contributed by atoms with Crippen LogP contribution in [0, 0.1) is 5.41 Å². The molecule has 1 saturated carbocycles. The van der Waals surface area contributed by atoms with E-state index in [2.05, 4.69) is 44.4 Å². The van der Waals surface area contributed by atoms with E-state index in [1.807, 2.05) is 7.05 Å². The van der Waals surface area contributed by atoms with Crippen LogP contribution < -0.4 is 18.1 Å². The highest BCUT2D eigenvalue weighted by atomic mass is 35.5. The van der Waals surface area contributed by atoms with Gasteiger partial charge < -0.3 is 59.6 Å². The molecule has 0 amide bonds. The average Bonchev–Trinajstić information content (AvgIpc) is 2.54. The predicted molar refractivity (Wildman–Crippen MR) is 128 cm³/mol. The lowest BCUT2D eigenvalue weighted by molar-refractivity contribution is -0.870. The Hall–Kier alpha value is -1.31. The Morgan fingerprint density at radius 1 is 1.22 bits per heavy atom. The molecule has 1 heterocycles. The molecule has 32 heavy (non-hydrogen) atoms. The fourth-order valence-corrected chi connectivity index (χ4v) is 4.26. The van der Waals surface area contributed by atoms with Crippen molar-refractivity contribution in [2.24, 2.45) is 11.1 Å². The van der Waals surface area contributed by atoms with Gasteiger partial charge in [0.05, 0.1) is 44.5 Å². The number of quaternary nitrogens is 1. The van der Waals surface area contributed by atoms with Crippen molar-refractivity contribution < 1.29 is 53.8 Å². The number of esters is 1. The number of hydrogen-bond donors (Lipinski definition) is 1. The first kappa shape index (κ1) is 41.0. The van der Waals surface area contributed by atoms with Gasteiger partial charge in [-0.05, 0) is 24.8 Å². The number of hydrogen-bond acceptors (Lipinski definition) is 4. The number of carbonyl (C=O) groups excluding carboxylic acids is 1. The molecule has 0 unspecified atom stereocenters. The summed E-state index contributed by atoms with van der Waals surface area (Å²) in [6, 6.07) is 0. The monoisotopic (exact) mass is 505 g/mol. The molecule has 0 bridgehead atoms. The molecule has 12 N–H and O–H groups in total. The summed E-state index contributed by atoms with van der Waals surface area (Å²) in [4.78, 5) is 15.0. The van der Waals surface area contributed by atoms with E-state index in [-0.39, 0.29) is 51.9 Å². The van der Waals surface area contributed by atoms with Gasteiger partial charge in [0.25, 0.3) is 0 Å². The van der Waals surface area contributed by atoms with E-state index in [0.29, 0.717) is 11.4 Å². The Kier molecular flexibility index (Phi) is 22.0. The van der Waals surface area contributed by atoms with E-state index in [4.69, 9.17) is 22.7 Å². The molecular weight excluding hydrogens is 462 g/mol. The van der Waals surface area contributed by atoms with Crippen LogP contribution in [0.15, 0.2) is 23.9 Å². The van der Waals surface area contributed by atoms with E-state index < -0.39 is 5.41 Å². The van der Waals surface area contributed by atoms with Crippen molar-refractivity contribution in [3.63, 3.8) is 0 Å². The van der Waals surface area contributed by atoms with Gasteiger partial charge in [0.15, 0.2) is 0 Å². The summed E-state index contributed by atoms with van der Waals surface area (Å²) < 4.78 is 6.81. The molecule has 2 aliphatic rings. The van der Waals surface area contributed by atoms with Crippen LogP contribution in [-0.4, -0.2) is 95.1 Å². The van der Waals surface area contributed by atoms with Crippen molar-refractivity contribution in [3.05, 3.63) is 23.9 Å². The van der Waals surface area contributed by atoms with Crippen molar-refractivity contribution >= 4 is 23.2 Å². The molecule has 1 fully saturated rings. The average molecular weight is 506 g/mol. The number of likely N-dealkylation sites (N-methyl/N-ethyl adjacent to an activating group) is 1. The molecule has 2 rings (SSSR count). The summed E-state index contributed by atoms with van der Waals surface area (Å²) in [5.41, 5.74) is 6.77. The Morgan fingerprint density at radius 2 is 1.81 bits per heavy atom. The first-order valence-corrected chi connectivity index (χ1v) is 9.95. The minimum absolute atomic E-state index is 0. The number of allylic oxidation sites excluding steroid dienone is 1. The van der Waals surface area contributed by atoms with Gasteiger partial charge in [-0.1, -0.05) is 30.8 Å². The molecule has 0 spiro atoms. The van der Waals surface area contributed by atoms with Crippen LogP contribution >= 0.6 is 12.2 Å². The Morgan fingerprint density at radius 3 is 2.31 bits per heavy atom. The largest absolute Gasteiger partial charge is 1.00 e. The standard InChI is InChI=1S/C20H33N3O2S.ClH.5H2O/c1-22-13-7-9-16(15-22)20(19(21)26)12-6-5-10-17(20)25-18(24)11-8-14-23(2,3)4;;;;;;/h7,9,15,17H,5-6,8,10-14H2,1-4H3,(H-,21,26);1H;5*1H2/t17-,20-;;;;;;/m1....../s1. The number of ether oxygens (including phenoxy) is 1. The van der Waals surface area contributed by atoms with Crippen molar-refractivity contribution in [3.8, 4) is 0 Å². The zero-order valence-corrected chi connectivity index (χ0v) is 21.1. The van der Waals surface area contributed by atoms with E-state index in [1.54, 1.807) is 0 Å². The third-order valence-electron chi connectivity index (χ3n) is 5.33. The van der Waals surface area contributed by atoms with Crippen LogP contribution in [0.5, 0.6) is 0 Å². The molecule has 0 aromatic carbocycles. The Labute approximate surface area is 203 Å². The summed E-state index contributed by atoms with van der Waals surface area (Å²) in [7, 11) is 8.42. The van der Waals surface area contributed by atoms with Gasteiger partial charge in [-0.25, -0.2) is 0 Å². The second kappa shape index (κ2) is 17.2. The lowest BCUT2D eigenvalue weighted by Gasteiger charge is -2.44. The van der Waals surface area contributed by atoms with Crippen LogP contribution in [0.3, 0.4) is 0 Å². The highest BCUT2D eigenvalue weighted by Crippen LogP contribution is 2.46. The third kappa shape index (κ3) is 10.5. The summed E-state index contributed by atoms with van der Waals surface area (Å²) in [6.45, 7) is 1.81. The first-order valence-electron chi connectivity index (χ1n) is 9.54. The first-order chi connectivity index (χ1) is 12.1. The fraction of sp³-hybridized carbons (Fsp3) is 0.700. The Balaban J connectivity index is -0.000000405. The molecule has 0 aromatic heterocycles. The van der Waals surface area contributed by atoms with Crippen molar-refractivity contribution in [1.29, 1.82) is 0 Å². The zero-order valence-electron chi connectivity index (χ0n) is 19.5. The molecule has 2 atom stereocenters. The molecular formula is C20H44ClN3O7S. The van der Waals surface area contributed by atoms with Gasteiger partial charge in [-0.2, -0.15) is 0 Å². The number of halogens is 1. The number of nitrogens with two attached hydrogens (primary N) is 1. The molecule has 194 valence electrons. The predicted octanol–water partition coefficient (Wildman–Crippen LogP) is -4.50. The minimum Gasteiger partial charge on any atom is -1.00 e. The lowest BCUT2D eigenvalue weighted by atomic mass is 9.66. The van der Waals surface area contributed by atoms with E-state index >= 15 is 0 Å². The highest BCUT2D eigenvalue weighted by molar-refractivity contribution is 7.80. The quantitative estimate of drug-likeness (QED) is 0.205. The van der Waals surface area contributed by atoms with Crippen LogP contribution in [0.1, 0.15) is 38.5 Å². The van der Waals surface area contributed by atoms with E-state index in [9.17, 15) is 4.79 Å². The lowest BCUT2D eigenvalue weighted by Crippen LogP contribution is -3.00. The normalized spacial score (nSPS) is 21.4. The van der Waals surface area contributed by atoms with Crippen LogP contribution in [0.4, 0.5) is 0 Å². The van der Waals surface area contributed by atoms with Gasteiger partial charge in [0.1, 0.15) is 6.10 Å². The maximum absolute atomic E-state index is 12.5. The van der Waals surface area contributed by atoms with Gasteiger partial charge in [-0.3, -0.25) is 4.79 Å². The second-order valence-electron chi connectivity index (χ2n) is 8.60. The van der Waals surface area contributed by atoms with Gasteiger partial charge >= 0.3 is 5.97 Å². The van der Waals surface area contributed by atoms with Gasteiger partial charge in [0, 0.05) is 26.2 Å². The molecule has 10 nitrogen and oxygen atoms in total. The number of rotatable bonds is 7. The minimum atomic E-state index is -0.547. The van der Waals surface area contributed by atoms with E-state index in [1.165, 1.54) is 0 Å². The van der Waals surface area contributed by atoms with Gasteiger partial charge in [0.2, 0.25) is 0 Å². The maximum Gasteiger partial charge on any atom is 0.306 e.